The predicted octanol–water partition coefficient (Wildman–Crippen LogP) is 6.32. The average molecular weight is 552 g/mol. The van der Waals surface area contributed by atoms with Gasteiger partial charge in [-0.05, 0) is 56.2 Å². The molecule has 1 N–H and O–H groups in total. The van der Waals surface area contributed by atoms with Gasteiger partial charge in [0.1, 0.15) is 12.3 Å². The number of alkyl halides is 3. The molecule has 0 unspecified atom stereocenters. The number of carbonyl (C=O) groups excluding carboxylic acids is 2. The largest absolute Gasteiger partial charge is 0.496 e. The Kier molecular flexibility index (Phi) is 8.82. The number of nitrogens with one attached hydrogen (secondary N) is 1. The summed E-state index contributed by atoms with van der Waals surface area (Å²) in [6.45, 7) is 3.79. The number of H-pyrrole nitrogens is 1. The van der Waals surface area contributed by atoms with Crippen molar-refractivity contribution in [2.24, 2.45) is 0 Å². The van der Waals surface area contributed by atoms with E-state index in [1.807, 2.05) is 54.7 Å². The topological polar surface area (TPSA) is 65.6 Å². The molecule has 0 bridgehead atoms. The van der Waals surface area contributed by atoms with Gasteiger partial charge >= 0.3 is 6.18 Å². The molecule has 40 heavy (non-hydrogen) atoms. The van der Waals surface area contributed by atoms with Crippen LogP contribution in [0, 0.1) is 0 Å². The van der Waals surface area contributed by atoms with E-state index >= 15 is 0 Å². The van der Waals surface area contributed by atoms with E-state index in [0.29, 0.717) is 18.7 Å². The second-order valence-corrected chi connectivity index (χ2v) is 9.84. The lowest BCUT2D eigenvalue weighted by Gasteiger charge is -2.30. The van der Waals surface area contributed by atoms with Crippen molar-refractivity contribution < 1.29 is 27.5 Å². The number of rotatable bonds is 10. The Bertz CT molecular complexity index is 1480. The lowest BCUT2D eigenvalue weighted by molar-refractivity contribution is -0.137. The number of hydrogen-bond donors (Lipinski definition) is 1. The van der Waals surface area contributed by atoms with Gasteiger partial charge in [-0.3, -0.25) is 9.59 Å². The van der Waals surface area contributed by atoms with Crippen molar-refractivity contribution in [1.29, 1.82) is 0 Å². The number of fused-ring (bicyclic) bond motifs is 1. The van der Waals surface area contributed by atoms with Crippen LogP contribution in [0.4, 0.5) is 13.2 Å². The number of para-hydroxylation sites is 2. The summed E-state index contributed by atoms with van der Waals surface area (Å²) < 4.78 is 45.3. The molecule has 3 aromatic carbocycles. The van der Waals surface area contributed by atoms with Gasteiger partial charge in [-0.2, -0.15) is 13.2 Å². The lowest BCUT2D eigenvalue weighted by atomic mass is 10.1. The number of benzene rings is 3. The number of carbonyl (C=O) groups is 2. The van der Waals surface area contributed by atoms with Crippen LogP contribution in [0.25, 0.3) is 10.9 Å². The Balaban J connectivity index is 1.59. The van der Waals surface area contributed by atoms with Gasteiger partial charge in [-0.1, -0.05) is 42.5 Å². The van der Waals surface area contributed by atoms with Crippen LogP contribution >= 0.6 is 0 Å². The molecular weight excluding hydrogens is 519 g/mol. The van der Waals surface area contributed by atoms with Gasteiger partial charge in [0.15, 0.2) is 0 Å². The number of aromatic nitrogens is 1. The number of methoxy groups -OCH3 is 1. The fourth-order valence-corrected chi connectivity index (χ4v) is 4.65. The van der Waals surface area contributed by atoms with Crippen molar-refractivity contribution in [2.75, 3.05) is 20.2 Å². The van der Waals surface area contributed by atoms with Gasteiger partial charge in [-0.25, -0.2) is 0 Å². The molecule has 0 spiro atoms. The molecule has 0 aliphatic carbocycles. The highest BCUT2D eigenvalue weighted by Crippen LogP contribution is 2.30. The molecule has 6 nitrogen and oxygen atoms in total. The SMILES string of the molecule is COc1ccccc1CN(CCc1c[nH]c2ccccc12)C(=O)CN(C(=O)c1cccc(C(F)(F)F)c1)C(C)C. The van der Waals surface area contributed by atoms with E-state index in [0.717, 1.165) is 34.2 Å². The second kappa shape index (κ2) is 12.3. The first-order valence-corrected chi connectivity index (χ1v) is 13.0. The maximum absolute atomic E-state index is 13.8. The minimum atomic E-state index is -4.58. The molecule has 210 valence electrons. The summed E-state index contributed by atoms with van der Waals surface area (Å²) in [5.41, 5.74) is 1.82. The molecule has 1 aromatic heterocycles. The fourth-order valence-electron chi connectivity index (χ4n) is 4.65. The highest BCUT2D eigenvalue weighted by atomic mass is 19.4. The van der Waals surface area contributed by atoms with Crippen molar-refractivity contribution in [1.82, 2.24) is 14.8 Å². The van der Waals surface area contributed by atoms with E-state index in [1.165, 1.54) is 17.0 Å². The molecule has 0 saturated heterocycles. The molecule has 2 amide bonds. The van der Waals surface area contributed by atoms with Gasteiger partial charge < -0.3 is 19.5 Å². The third kappa shape index (κ3) is 6.65. The van der Waals surface area contributed by atoms with Crippen LogP contribution in [0.5, 0.6) is 5.75 Å². The highest BCUT2D eigenvalue weighted by Gasteiger charge is 2.32. The standard InChI is InChI=1S/C31H32F3N3O3/c1-21(2)37(30(39)22-10-8-11-25(17-22)31(32,33)34)20-29(38)36(19-24-9-4-7-14-28(24)40-3)16-15-23-18-35-27-13-6-5-12-26(23)27/h4-14,17-18,21,35H,15-16,19-20H2,1-3H3. The van der Waals surface area contributed by atoms with Gasteiger partial charge in [0.2, 0.25) is 5.91 Å². The van der Waals surface area contributed by atoms with Crippen molar-refractivity contribution in [3.8, 4) is 5.75 Å². The number of halogens is 3. The first-order valence-electron chi connectivity index (χ1n) is 13.0. The summed E-state index contributed by atoms with van der Waals surface area (Å²) >= 11 is 0. The predicted molar refractivity (Wildman–Crippen MR) is 148 cm³/mol. The van der Waals surface area contributed by atoms with Crippen molar-refractivity contribution in [3.63, 3.8) is 0 Å². The second-order valence-electron chi connectivity index (χ2n) is 9.84. The summed E-state index contributed by atoms with van der Waals surface area (Å²) in [4.78, 5) is 33.3. The quantitative estimate of drug-likeness (QED) is 0.251. The molecule has 0 fully saturated rings. The van der Waals surface area contributed by atoms with Crippen LogP contribution in [-0.2, 0) is 23.9 Å². The zero-order valence-electron chi connectivity index (χ0n) is 22.7. The summed E-state index contributed by atoms with van der Waals surface area (Å²) in [5.74, 6) is -0.323. The monoisotopic (exact) mass is 551 g/mol. The molecule has 4 rings (SSSR count). The van der Waals surface area contributed by atoms with E-state index < -0.39 is 23.7 Å². The Morgan fingerprint density at radius 1 is 0.950 bits per heavy atom. The fraction of sp³-hybridized carbons (Fsp3) is 0.290. The molecule has 0 aliphatic rings. The molecule has 0 aliphatic heterocycles. The van der Waals surface area contributed by atoms with Gasteiger partial charge in [0.05, 0.1) is 12.7 Å². The molecule has 9 heteroatoms. The third-order valence-corrected chi connectivity index (χ3v) is 6.86. The van der Waals surface area contributed by atoms with Gasteiger partial charge in [0, 0.05) is 47.4 Å². The van der Waals surface area contributed by atoms with E-state index in [4.69, 9.17) is 4.74 Å². The zero-order chi connectivity index (χ0) is 28.9. The van der Waals surface area contributed by atoms with Gasteiger partial charge in [0.25, 0.3) is 5.91 Å². The van der Waals surface area contributed by atoms with Crippen LogP contribution in [0.1, 0.15) is 40.9 Å². The van der Waals surface area contributed by atoms with E-state index in [1.54, 1.807) is 25.9 Å². The van der Waals surface area contributed by atoms with Crippen molar-refractivity contribution in [3.05, 3.63) is 101 Å². The van der Waals surface area contributed by atoms with Crippen LogP contribution < -0.4 is 4.74 Å². The summed E-state index contributed by atoms with van der Waals surface area (Å²) in [6, 6.07) is 19.1. The van der Waals surface area contributed by atoms with Crippen molar-refractivity contribution >= 4 is 22.7 Å². The first kappa shape index (κ1) is 28.7. The van der Waals surface area contributed by atoms with Crippen molar-refractivity contribution in [2.45, 2.75) is 39.0 Å². The zero-order valence-corrected chi connectivity index (χ0v) is 22.7. The smallest absolute Gasteiger partial charge is 0.416 e. The third-order valence-electron chi connectivity index (χ3n) is 6.86. The average Bonchev–Trinajstić information content (AvgIpc) is 3.36. The number of amides is 2. The molecule has 0 saturated carbocycles. The molecular formula is C31H32F3N3O3. The maximum Gasteiger partial charge on any atom is 0.416 e. The Labute approximate surface area is 231 Å². The molecule has 0 atom stereocenters. The van der Waals surface area contributed by atoms with Crippen LogP contribution in [0.15, 0.2) is 79.0 Å². The lowest BCUT2D eigenvalue weighted by Crippen LogP contribution is -2.46. The Hall–Kier alpha value is -4.27. The molecule has 4 aromatic rings. The first-order chi connectivity index (χ1) is 19.1. The number of aromatic amines is 1. The van der Waals surface area contributed by atoms with Crippen LogP contribution in [0.2, 0.25) is 0 Å². The molecule has 0 radical (unpaired) electrons. The number of hydrogen-bond acceptors (Lipinski definition) is 3. The summed E-state index contributed by atoms with van der Waals surface area (Å²) in [5, 5.41) is 1.07. The number of ether oxygens (including phenoxy) is 1. The highest BCUT2D eigenvalue weighted by molar-refractivity contribution is 5.97. The van der Waals surface area contributed by atoms with Crippen LogP contribution in [0.3, 0.4) is 0 Å². The number of nitrogens with zero attached hydrogens (tertiary/aromatic N) is 2. The summed E-state index contributed by atoms with van der Waals surface area (Å²) in [6.07, 6.45) is -2.09. The van der Waals surface area contributed by atoms with Gasteiger partial charge in [-0.15, -0.1) is 0 Å². The van der Waals surface area contributed by atoms with E-state index in [9.17, 15) is 22.8 Å². The minimum absolute atomic E-state index is 0.119. The van der Waals surface area contributed by atoms with Crippen LogP contribution in [-0.4, -0.2) is 52.8 Å². The van der Waals surface area contributed by atoms with E-state index in [2.05, 4.69) is 4.98 Å². The normalized spacial score (nSPS) is 11.6. The molecule has 1 heterocycles. The maximum atomic E-state index is 13.8. The Morgan fingerprint density at radius 2 is 1.68 bits per heavy atom. The minimum Gasteiger partial charge on any atom is -0.496 e. The Morgan fingerprint density at radius 3 is 2.40 bits per heavy atom. The van der Waals surface area contributed by atoms with E-state index in [-0.39, 0.29) is 24.6 Å². The summed E-state index contributed by atoms with van der Waals surface area (Å²) in [7, 11) is 1.56.